The van der Waals surface area contributed by atoms with Crippen molar-refractivity contribution >= 4 is 23.3 Å². The molecule has 0 saturated heterocycles. The SMILES string of the molecule is CC(C(=O)Nc1cc(C(C)(C)C)[nH]n1)c1cccc(-c2ccc(NC(=O)/C=C/CN(C)C)cc2)c1. The van der Waals surface area contributed by atoms with Gasteiger partial charge in [-0.25, -0.2) is 0 Å². The second-order valence-corrected chi connectivity index (χ2v) is 9.98. The summed E-state index contributed by atoms with van der Waals surface area (Å²) in [5.41, 5.74) is 4.53. The second-order valence-electron chi connectivity index (χ2n) is 9.98. The fourth-order valence-electron chi connectivity index (χ4n) is 3.44. The van der Waals surface area contributed by atoms with Gasteiger partial charge in [0.05, 0.1) is 5.92 Å². The lowest BCUT2D eigenvalue weighted by Gasteiger charge is -2.15. The summed E-state index contributed by atoms with van der Waals surface area (Å²) < 4.78 is 0. The summed E-state index contributed by atoms with van der Waals surface area (Å²) in [6.45, 7) is 8.85. The zero-order chi connectivity index (χ0) is 25.6. The van der Waals surface area contributed by atoms with Crippen LogP contribution in [0.4, 0.5) is 11.5 Å². The van der Waals surface area contributed by atoms with Gasteiger partial charge in [-0.05, 0) is 49.8 Å². The number of carbonyl (C=O) groups excluding carboxylic acids is 2. The third kappa shape index (κ3) is 7.39. The van der Waals surface area contributed by atoms with E-state index in [-0.39, 0.29) is 23.1 Å². The molecular weight excluding hydrogens is 438 g/mol. The van der Waals surface area contributed by atoms with Gasteiger partial charge in [0.15, 0.2) is 5.82 Å². The fraction of sp³-hybridized carbons (Fsp3) is 0.321. The number of hydrogen-bond acceptors (Lipinski definition) is 4. The maximum absolute atomic E-state index is 12.9. The van der Waals surface area contributed by atoms with Crippen molar-refractivity contribution in [3.63, 3.8) is 0 Å². The molecule has 7 nitrogen and oxygen atoms in total. The zero-order valence-electron chi connectivity index (χ0n) is 21.3. The van der Waals surface area contributed by atoms with Gasteiger partial charge in [-0.1, -0.05) is 63.2 Å². The molecule has 35 heavy (non-hydrogen) atoms. The van der Waals surface area contributed by atoms with E-state index in [0.717, 1.165) is 28.1 Å². The van der Waals surface area contributed by atoms with Crippen LogP contribution in [0.2, 0.25) is 0 Å². The number of carbonyl (C=O) groups is 2. The Hall–Kier alpha value is -3.71. The van der Waals surface area contributed by atoms with E-state index in [1.54, 1.807) is 0 Å². The first-order valence-corrected chi connectivity index (χ1v) is 11.7. The van der Waals surface area contributed by atoms with Crippen LogP contribution in [0.3, 0.4) is 0 Å². The number of nitrogens with zero attached hydrogens (tertiary/aromatic N) is 2. The first kappa shape index (κ1) is 25.9. The van der Waals surface area contributed by atoms with Crippen molar-refractivity contribution in [3.05, 3.63) is 78.0 Å². The van der Waals surface area contributed by atoms with Crippen molar-refractivity contribution in [2.75, 3.05) is 31.3 Å². The average molecular weight is 474 g/mol. The second kappa shape index (κ2) is 11.1. The molecular formula is C28H35N5O2. The Bertz CT molecular complexity index is 1190. The predicted octanol–water partition coefficient (Wildman–Crippen LogP) is 5.17. The zero-order valence-corrected chi connectivity index (χ0v) is 21.3. The summed E-state index contributed by atoms with van der Waals surface area (Å²) in [6, 6.07) is 17.5. The number of likely N-dealkylation sites (N-methyl/N-ethyl adjacent to an activating group) is 1. The van der Waals surface area contributed by atoms with Crippen molar-refractivity contribution in [2.45, 2.75) is 39.0 Å². The highest BCUT2D eigenvalue weighted by Crippen LogP contribution is 2.27. The lowest BCUT2D eigenvalue weighted by Crippen LogP contribution is -2.19. The Balaban J connectivity index is 1.65. The van der Waals surface area contributed by atoms with E-state index in [4.69, 9.17) is 0 Å². The topological polar surface area (TPSA) is 90.1 Å². The molecule has 0 spiro atoms. The van der Waals surface area contributed by atoms with Crippen LogP contribution in [-0.4, -0.2) is 47.6 Å². The van der Waals surface area contributed by atoms with Crippen molar-refractivity contribution < 1.29 is 9.59 Å². The van der Waals surface area contributed by atoms with Crippen LogP contribution in [0, 0.1) is 0 Å². The molecule has 0 fully saturated rings. The van der Waals surface area contributed by atoms with Gasteiger partial charge in [-0.15, -0.1) is 0 Å². The van der Waals surface area contributed by atoms with E-state index >= 15 is 0 Å². The van der Waals surface area contributed by atoms with Crippen molar-refractivity contribution in [2.24, 2.45) is 0 Å². The summed E-state index contributed by atoms with van der Waals surface area (Å²) >= 11 is 0. The Morgan fingerprint density at radius 3 is 2.37 bits per heavy atom. The molecule has 0 aliphatic rings. The normalized spacial score (nSPS) is 12.7. The molecule has 7 heteroatoms. The van der Waals surface area contributed by atoms with E-state index < -0.39 is 0 Å². The number of amides is 2. The summed E-state index contributed by atoms with van der Waals surface area (Å²) in [5.74, 6) is -0.100. The molecule has 1 aromatic heterocycles. The molecule has 1 atom stereocenters. The average Bonchev–Trinajstić information content (AvgIpc) is 3.28. The molecule has 0 saturated carbocycles. The van der Waals surface area contributed by atoms with Crippen molar-refractivity contribution in [3.8, 4) is 11.1 Å². The van der Waals surface area contributed by atoms with Gasteiger partial charge in [-0.2, -0.15) is 5.10 Å². The van der Waals surface area contributed by atoms with E-state index in [1.165, 1.54) is 6.08 Å². The Morgan fingerprint density at radius 1 is 1.03 bits per heavy atom. The van der Waals surface area contributed by atoms with Gasteiger partial charge >= 0.3 is 0 Å². The maximum Gasteiger partial charge on any atom is 0.248 e. The van der Waals surface area contributed by atoms with E-state index in [2.05, 4.69) is 41.6 Å². The van der Waals surface area contributed by atoms with Crippen LogP contribution in [0.5, 0.6) is 0 Å². The summed E-state index contributed by atoms with van der Waals surface area (Å²) in [6.07, 6.45) is 3.36. The maximum atomic E-state index is 12.9. The minimum absolute atomic E-state index is 0.0724. The molecule has 0 aliphatic heterocycles. The monoisotopic (exact) mass is 473 g/mol. The smallest absolute Gasteiger partial charge is 0.248 e. The number of rotatable bonds is 8. The molecule has 184 valence electrons. The van der Waals surface area contributed by atoms with Crippen LogP contribution in [0.15, 0.2) is 66.7 Å². The first-order valence-electron chi connectivity index (χ1n) is 11.7. The molecule has 0 bridgehead atoms. The largest absolute Gasteiger partial charge is 0.323 e. The molecule has 0 aliphatic carbocycles. The number of aromatic amines is 1. The van der Waals surface area contributed by atoms with Crippen LogP contribution < -0.4 is 10.6 Å². The molecule has 3 N–H and O–H groups in total. The molecule has 1 heterocycles. The number of H-pyrrole nitrogens is 1. The summed E-state index contributed by atoms with van der Waals surface area (Å²) in [4.78, 5) is 26.9. The van der Waals surface area contributed by atoms with Gasteiger partial charge in [0.2, 0.25) is 11.8 Å². The van der Waals surface area contributed by atoms with Crippen LogP contribution >= 0.6 is 0 Å². The van der Waals surface area contributed by atoms with E-state index in [0.29, 0.717) is 12.4 Å². The third-order valence-electron chi connectivity index (χ3n) is 5.64. The van der Waals surface area contributed by atoms with Crippen LogP contribution in [-0.2, 0) is 15.0 Å². The minimum atomic E-state index is -0.350. The number of hydrogen-bond donors (Lipinski definition) is 3. The summed E-state index contributed by atoms with van der Waals surface area (Å²) in [7, 11) is 3.90. The molecule has 3 aromatic rings. The molecule has 2 amide bonds. The number of benzene rings is 2. The molecule has 1 unspecified atom stereocenters. The predicted molar refractivity (Wildman–Crippen MR) is 143 cm³/mol. The van der Waals surface area contributed by atoms with Crippen LogP contribution in [0.1, 0.15) is 44.9 Å². The van der Waals surface area contributed by atoms with Gasteiger partial charge in [0, 0.05) is 35.5 Å². The third-order valence-corrected chi connectivity index (χ3v) is 5.64. The fourth-order valence-corrected chi connectivity index (χ4v) is 3.44. The Kier molecular flexibility index (Phi) is 8.25. The highest BCUT2D eigenvalue weighted by atomic mass is 16.2. The van der Waals surface area contributed by atoms with Crippen molar-refractivity contribution in [1.82, 2.24) is 15.1 Å². The van der Waals surface area contributed by atoms with E-state index in [1.807, 2.05) is 86.6 Å². The van der Waals surface area contributed by atoms with Crippen LogP contribution in [0.25, 0.3) is 11.1 Å². The number of anilines is 2. The number of nitrogens with one attached hydrogen (secondary N) is 3. The lowest BCUT2D eigenvalue weighted by molar-refractivity contribution is -0.117. The standard InChI is InChI=1S/C28H35N5O2/c1-19(27(35)30-25-18-24(31-32-25)28(2,3)4)21-9-7-10-22(17-21)20-12-14-23(15-13-20)29-26(34)11-8-16-33(5)6/h7-15,17-19H,16H2,1-6H3,(H,29,34)(H2,30,31,32,35)/b11-8+. The molecule has 3 rings (SSSR count). The van der Waals surface area contributed by atoms with Gasteiger partial charge in [0.1, 0.15) is 0 Å². The Labute approximate surface area is 207 Å². The van der Waals surface area contributed by atoms with E-state index in [9.17, 15) is 9.59 Å². The highest BCUT2D eigenvalue weighted by molar-refractivity contribution is 5.99. The number of aromatic nitrogens is 2. The highest BCUT2D eigenvalue weighted by Gasteiger charge is 2.20. The van der Waals surface area contributed by atoms with Gasteiger partial charge in [0.25, 0.3) is 0 Å². The quantitative estimate of drug-likeness (QED) is 0.394. The first-order chi connectivity index (χ1) is 16.5. The lowest BCUT2D eigenvalue weighted by atomic mass is 9.92. The van der Waals surface area contributed by atoms with Crippen molar-refractivity contribution in [1.29, 1.82) is 0 Å². The summed E-state index contributed by atoms with van der Waals surface area (Å²) in [5, 5.41) is 13.0. The molecule has 2 aromatic carbocycles. The Morgan fingerprint density at radius 2 is 1.74 bits per heavy atom. The van der Waals surface area contributed by atoms with Gasteiger partial charge < -0.3 is 15.5 Å². The van der Waals surface area contributed by atoms with Gasteiger partial charge in [-0.3, -0.25) is 14.7 Å². The molecule has 0 radical (unpaired) electrons. The minimum Gasteiger partial charge on any atom is -0.323 e.